The van der Waals surface area contributed by atoms with Gasteiger partial charge in [0.25, 0.3) is 0 Å². The third-order valence-corrected chi connectivity index (χ3v) is 3.85. The van der Waals surface area contributed by atoms with Gasteiger partial charge in [-0.3, -0.25) is 4.68 Å². The number of benzene rings is 2. The molecule has 0 saturated carbocycles. The van der Waals surface area contributed by atoms with E-state index in [1.807, 2.05) is 59.4 Å². The van der Waals surface area contributed by atoms with Crippen molar-refractivity contribution >= 4 is 16.9 Å². The molecule has 6 heteroatoms. The Hall–Kier alpha value is -3.41. The third kappa shape index (κ3) is 2.54. The first kappa shape index (κ1) is 14.2. The molecule has 0 amide bonds. The molecule has 2 aromatic carbocycles. The standard InChI is InChI=1S/C18H13N3O3/c22-18(23)17-9-15(20-24-17)13-7-5-12(6-8-13)11-21-16-4-2-1-3-14(16)10-19-21/h1-10H,11H2,(H,22,23). The fourth-order valence-electron chi connectivity index (χ4n) is 2.62. The highest BCUT2D eigenvalue weighted by molar-refractivity contribution is 5.85. The van der Waals surface area contributed by atoms with Crippen molar-refractivity contribution in [1.82, 2.24) is 14.9 Å². The molecule has 0 saturated heterocycles. The molecule has 0 fully saturated rings. The molecule has 2 aromatic heterocycles. The molecule has 0 radical (unpaired) electrons. The summed E-state index contributed by atoms with van der Waals surface area (Å²) in [5.74, 6) is -1.30. The van der Waals surface area contributed by atoms with E-state index in [4.69, 9.17) is 9.63 Å². The molecular formula is C18H13N3O3. The van der Waals surface area contributed by atoms with Crippen molar-refractivity contribution in [2.45, 2.75) is 6.54 Å². The summed E-state index contributed by atoms with van der Waals surface area (Å²) in [6.45, 7) is 0.660. The van der Waals surface area contributed by atoms with Crippen LogP contribution in [0.2, 0.25) is 0 Å². The van der Waals surface area contributed by atoms with E-state index in [0.29, 0.717) is 12.2 Å². The van der Waals surface area contributed by atoms with E-state index in [1.54, 1.807) is 0 Å². The highest BCUT2D eigenvalue weighted by atomic mass is 16.5. The van der Waals surface area contributed by atoms with Gasteiger partial charge in [-0.25, -0.2) is 4.79 Å². The lowest BCUT2D eigenvalue weighted by atomic mass is 10.1. The third-order valence-electron chi connectivity index (χ3n) is 3.85. The van der Waals surface area contributed by atoms with Crippen molar-refractivity contribution in [1.29, 1.82) is 0 Å². The Morgan fingerprint density at radius 1 is 1.12 bits per heavy atom. The van der Waals surface area contributed by atoms with Crippen molar-refractivity contribution in [3.05, 3.63) is 72.1 Å². The first-order valence-electron chi connectivity index (χ1n) is 7.40. The second kappa shape index (κ2) is 5.66. The van der Waals surface area contributed by atoms with Crippen LogP contribution in [0.3, 0.4) is 0 Å². The Labute approximate surface area is 136 Å². The molecule has 0 aliphatic heterocycles. The van der Waals surface area contributed by atoms with Gasteiger partial charge in [-0.1, -0.05) is 47.6 Å². The molecule has 0 unspecified atom stereocenters. The highest BCUT2D eigenvalue weighted by Crippen LogP contribution is 2.21. The summed E-state index contributed by atoms with van der Waals surface area (Å²) in [4.78, 5) is 10.8. The SMILES string of the molecule is O=C(O)c1cc(-c2ccc(Cn3ncc4ccccc43)cc2)no1. The summed E-state index contributed by atoms with van der Waals surface area (Å²) >= 11 is 0. The molecule has 4 rings (SSSR count). The number of hydrogen-bond donors (Lipinski definition) is 1. The zero-order valence-electron chi connectivity index (χ0n) is 12.6. The second-order valence-electron chi connectivity index (χ2n) is 5.44. The molecule has 0 aliphatic rings. The maximum atomic E-state index is 10.8. The number of carboxylic acids is 1. The topological polar surface area (TPSA) is 81.1 Å². The van der Waals surface area contributed by atoms with E-state index >= 15 is 0 Å². The predicted molar refractivity (Wildman–Crippen MR) is 87.7 cm³/mol. The van der Waals surface area contributed by atoms with Crippen molar-refractivity contribution in [3.63, 3.8) is 0 Å². The van der Waals surface area contributed by atoms with Gasteiger partial charge in [-0.2, -0.15) is 5.10 Å². The zero-order valence-corrected chi connectivity index (χ0v) is 12.6. The second-order valence-corrected chi connectivity index (χ2v) is 5.44. The van der Waals surface area contributed by atoms with Crippen molar-refractivity contribution < 1.29 is 14.4 Å². The summed E-state index contributed by atoms with van der Waals surface area (Å²) in [6, 6.07) is 17.2. The molecule has 1 N–H and O–H groups in total. The average Bonchev–Trinajstić information content (AvgIpc) is 3.24. The quantitative estimate of drug-likeness (QED) is 0.623. The van der Waals surface area contributed by atoms with E-state index < -0.39 is 5.97 Å². The molecule has 0 aliphatic carbocycles. The minimum absolute atomic E-state index is 0.169. The number of carboxylic acid groups (broad SMARTS) is 1. The Balaban J connectivity index is 1.58. The summed E-state index contributed by atoms with van der Waals surface area (Å²) < 4.78 is 6.73. The number of carbonyl (C=O) groups is 1. The Bertz CT molecular complexity index is 1020. The van der Waals surface area contributed by atoms with E-state index in [2.05, 4.69) is 10.3 Å². The maximum absolute atomic E-state index is 10.8. The fraction of sp³-hybridized carbons (Fsp3) is 0.0556. The first-order chi connectivity index (χ1) is 11.7. The van der Waals surface area contributed by atoms with Gasteiger partial charge in [-0.15, -0.1) is 0 Å². The number of aromatic carboxylic acids is 1. The number of nitrogens with zero attached hydrogens (tertiary/aromatic N) is 3. The normalized spacial score (nSPS) is 11.0. The first-order valence-corrected chi connectivity index (χ1v) is 7.40. The molecule has 2 heterocycles. The van der Waals surface area contributed by atoms with Crippen LogP contribution in [0.5, 0.6) is 0 Å². The lowest BCUT2D eigenvalue weighted by molar-refractivity contribution is 0.0652. The van der Waals surface area contributed by atoms with Crippen LogP contribution >= 0.6 is 0 Å². The number of para-hydroxylation sites is 1. The van der Waals surface area contributed by atoms with E-state index in [0.717, 1.165) is 22.0 Å². The van der Waals surface area contributed by atoms with Crippen LogP contribution in [0.1, 0.15) is 16.1 Å². The molecule has 0 spiro atoms. The minimum Gasteiger partial charge on any atom is -0.475 e. The Kier molecular flexibility index (Phi) is 3.35. The van der Waals surface area contributed by atoms with Crippen molar-refractivity contribution in [2.75, 3.05) is 0 Å². The lowest BCUT2D eigenvalue weighted by Crippen LogP contribution is -2.01. The largest absolute Gasteiger partial charge is 0.475 e. The number of hydrogen-bond acceptors (Lipinski definition) is 4. The molecule has 4 aromatic rings. The van der Waals surface area contributed by atoms with Gasteiger partial charge in [0, 0.05) is 17.0 Å². The predicted octanol–water partition coefficient (Wildman–Crippen LogP) is 3.44. The zero-order chi connectivity index (χ0) is 16.5. The Morgan fingerprint density at radius 3 is 2.67 bits per heavy atom. The minimum atomic E-state index is -1.13. The summed E-state index contributed by atoms with van der Waals surface area (Å²) in [7, 11) is 0. The van der Waals surface area contributed by atoms with Crippen LogP contribution < -0.4 is 0 Å². The summed E-state index contributed by atoms with van der Waals surface area (Å²) in [6.07, 6.45) is 1.85. The monoisotopic (exact) mass is 319 g/mol. The number of fused-ring (bicyclic) bond motifs is 1. The lowest BCUT2D eigenvalue weighted by Gasteiger charge is -2.05. The van der Waals surface area contributed by atoms with Crippen molar-refractivity contribution in [3.8, 4) is 11.3 Å². The van der Waals surface area contributed by atoms with Crippen LogP contribution in [0, 0.1) is 0 Å². The van der Waals surface area contributed by atoms with Gasteiger partial charge in [-0.05, 0) is 11.6 Å². The van der Waals surface area contributed by atoms with Crippen LogP contribution in [0.15, 0.2) is 65.3 Å². The van der Waals surface area contributed by atoms with Crippen LogP contribution in [0.4, 0.5) is 0 Å². The van der Waals surface area contributed by atoms with Gasteiger partial charge in [0.2, 0.25) is 5.76 Å². The highest BCUT2D eigenvalue weighted by Gasteiger charge is 2.12. The van der Waals surface area contributed by atoms with E-state index in [9.17, 15) is 4.79 Å². The molecular weight excluding hydrogens is 306 g/mol. The van der Waals surface area contributed by atoms with Crippen LogP contribution in [0.25, 0.3) is 22.2 Å². The maximum Gasteiger partial charge on any atom is 0.374 e. The van der Waals surface area contributed by atoms with Gasteiger partial charge in [0.1, 0.15) is 5.69 Å². The van der Waals surface area contributed by atoms with Crippen LogP contribution in [-0.4, -0.2) is 26.0 Å². The molecule has 0 atom stereocenters. The van der Waals surface area contributed by atoms with Gasteiger partial charge in [0.15, 0.2) is 0 Å². The fourth-order valence-corrected chi connectivity index (χ4v) is 2.62. The number of rotatable bonds is 4. The molecule has 0 bridgehead atoms. The van der Waals surface area contributed by atoms with Crippen molar-refractivity contribution in [2.24, 2.45) is 0 Å². The Morgan fingerprint density at radius 2 is 1.92 bits per heavy atom. The average molecular weight is 319 g/mol. The van der Waals surface area contributed by atoms with E-state index in [-0.39, 0.29) is 5.76 Å². The molecule has 118 valence electrons. The molecule has 6 nitrogen and oxygen atoms in total. The van der Waals surface area contributed by atoms with Crippen LogP contribution in [-0.2, 0) is 6.54 Å². The van der Waals surface area contributed by atoms with Gasteiger partial charge >= 0.3 is 5.97 Å². The molecule has 24 heavy (non-hydrogen) atoms. The van der Waals surface area contributed by atoms with Gasteiger partial charge in [0.05, 0.1) is 18.3 Å². The van der Waals surface area contributed by atoms with Gasteiger partial charge < -0.3 is 9.63 Å². The summed E-state index contributed by atoms with van der Waals surface area (Å²) in [5, 5.41) is 18.2. The summed E-state index contributed by atoms with van der Waals surface area (Å²) in [5.41, 5.74) is 3.49. The van der Waals surface area contributed by atoms with E-state index in [1.165, 1.54) is 6.07 Å². The number of aromatic nitrogens is 3. The smallest absolute Gasteiger partial charge is 0.374 e.